The van der Waals surface area contributed by atoms with E-state index in [4.69, 9.17) is 10.00 Å². The Morgan fingerprint density at radius 3 is 2.84 bits per heavy atom. The molecule has 1 aliphatic heterocycles. The maximum atomic E-state index is 11.9. The summed E-state index contributed by atoms with van der Waals surface area (Å²) in [4.78, 5) is 14.0. The van der Waals surface area contributed by atoms with Crippen LogP contribution in [-0.4, -0.2) is 43.7 Å². The molecular weight excluding hydrogens is 242 g/mol. The summed E-state index contributed by atoms with van der Waals surface area (Å²) in [7, 11) is 0. The van der Waals surface area contributed by atoms with Crippen LogP contribution in [0.3, 0.4) is 0 Å². The van der Waals surface area contributed by atoms with Crippen LogP contribution in [0.4, 0.5) is 5.69 Å². The predicted octanol–water partition coefficient (Wildman–Crippen LogP) is 1.22. The van der Waals surface area contributed by atoms with E-state index < -0.39 is 0 Å². The molecule has 0 bridgehead atoms. The number of benzene rings is 1. The smallest absolute Gasteiger partial charge is 0.238 e. The summed E-state index contributed by atoms with van der Waals surface area (Å²) in [6.07, 6.45) is 0.962. The molecule has 1 saturated heterocycles. The highest BCUT2D eigenvalue weighted by Crippen LogP contribution is 2.09. The Hall–Kier alpha value is -1.90. The van der Waals surface area contributed by atoms with Gasteiger partial charge < -0.3 is 10.1 Å². The van der Waals surface area contributed by atoms with Gasteiger partial charge in [0.25, 0.3) is 0 Å². The summed E-state index contributed by atoms with van der Waals surface area (Å²) in [5, 5.41) is 11.5. The Labute approximate surface area is 112 Å². The zero-order chi connectivity index (χ0) is 13.5. The minimum atomic E-state index is -0.0355. The van der Waals surface area contributed by atoms with E-state index in [0.29, 0.717) is 18.7 Å². The van der Waals surface area contributed by atoms with Crippen LogP contribution in [0, 0.1) is 11.3 Å². The fourth-order valence-electron chi connectivity index (χ4n) is 1.99. The molecule has 1 fully saturated rings. The zero-order valence-electron chi connectivity index (χ0n) is 10.8. The minimum Gasteiger partial charge on any atom is -0.380 e. The Morgan fingerprint density at radius 2 is 2.11 bits per heavy atom. The van der Waals surface area contributed by atoms with E-state index in [1.54, 1.807) is 24.3 Å². The third-order valence-corrected chi connectivity index (χ3v) is 2.98. The van der Waals surface area contributed by atoms with Crippen LogP contribution in [0.25, 0.3) is 0 Å². The second kappa shape index (κ2) is 6.88. The van der Waals surface area contributed by atoms with Crippen molar-refractivity contribution in [3.8, 4) is 6.07 Å². The first-order valence-electron chi connectivity index (χ1n) is 6.38. The van der Waals surface area contributed by atoms with Gasteiger partial charge in [0.05, 0.1) is 24.8 Å². The predicted molar refractivity (Wildman–Crippen MR) is 71.7 cm³/mol. The van der Waals surface area contributed by atoms with Crippen LogP contribution >= 0.6 is 0 Å². The Balaban J connectivity index is 1.84. The lowest BCUT2D eigenvalue weighted by Crippen LogP contribution is -2.34. The lowest BCUT2D eigenvalue weighted by molar-refractivity contribution is -0.117. The largest absolute Gasteiger partial charge is 0.380 e. The maximum absolute atomic E-state index is 11.9. The quantitative estimate of drug-likeness (QED) is 0.886. The lowest BCUT2D eigenvalue weighted by Gasteiger charge is -2.18. The maximum Gasteiger partial charge on any atom is 0.238 e. The molecule has 0 aliphatic carbocycles. The summed E-state index contributed by atoms with van der Waals surface area (Å²) in [6, 6.07) is 8.90. The Kier molecular flexibility index (Phi) is 4.90. The highest BCUT2D eigenvalue weighted by Gasteiger charge is 2.13. The van der Waals surface area contributed by atoms with Crippen molar-refractivity contribution in [1.82, 2.24) is 4.90 Å². The van der Waals surface area contributed by atoms with Gasteiger partial charge in [0.1, 0.15) is 0 Å². The number of carbonyl (C=O) groups is 1. The van der Waals surface area contributed by atoms with Crippen molar-refractivity contribution in [2.24, 2.45) is 0 Å². The van der Waals surface area contributed by atoms with Gasteiger partial charge >= 0.3 is 0 Å². The van der Waals surface area contributed by atoms with E-state index in [2.05, 4.69) is 10.2 Å². The molecule has 1 heterocycles. The Morgan fingerprint density at radius 1 is 1.32 bits per heavy atom. The number of amides is 1. The molecule has 0 saturated carbocycles. The van der Waals surface area contributed by atoms with Gasteiger partial charge in [-0.15, -0.1) is 0 Å². The van der Waals surface area contributed by atoms with Crippen molar-refractivity contribution in [2.45, 2.75) is 6.42 Å². The highest BCUT2D eigenvalue weighted by atomic mass is 16.5. The van der Waals surface area contributed by atoms with Gasteiger partial charge in [-0.05, 0) is 30.7 Å². The van der Waals surface area contributed by atoms with E-state index in [9.17, 15) is 4.79 Å². The van der Waals surface area contributed by atoms with Gasteiger partial charge in [-0.3, -0.25) is 9.69 Å². The van der Waals surface area contributed by atoms with Crippen molar-refractivity contribution in [3.05, 3.63) is 29.8 Å². The molecule has 0 unspecified atom stereocenters. The summed E-state index contributed by atoms with van der Waals surface area (Å²) in [6.45, 7) is 3.52. The van der Waals surface area contributed by atoms with Gasteiger partial charge in [0.15, 0.2) is 0 Å². The van der Waals surface area contributed by atoms with Crippen molar-refractivity contribution < 1.29 is 9.53 Å². The molecule has 1 aromatic carbocycles. The van der Waals surface area contributed by atoms with E-state index in [1.165, 1.54) is 0 Å². The molecule has 19 heavy (non-hydrogen) atoms. The normalized spacial score (nSPS) is 16.4. The number of nitrogens with zero attached hydrogens (tertiary/aromatic N) is 2. The minimum absolute atomic E-state index is 0.0355. The Bertz CT molecular complexity index is 457. The highest BCUT2D eigenvalue weighted by molar-refractivity contribution is 5.92. The summed E-state index contributed by atoms with van der Waals surface area (Å²) in [5.74, 6) is -0.0355. The molecule has 1 aromatic rings. The average Bonchev–Trinajstić information content (AvgIpc) is 2.68. The van der Waals surface area contributed by atoms with Crippen molar-refractivity contribution >= 4 is 11.6 Å². The van der Waals surface area contributed by atoms with Crippen LogP contribution in [0.2, 0.25) is 0 Å². The van der Waals surface area contributed by atoms with Gasteiger partial charge in [-0.2, -0.15) is 5.26 Å². The van der Waals surface area contributed by atoms with E-state index >= 15 is 0 Å². The van der Waals surface area contributed by atoms with Gasteiger partial charge in [-0.1, -0.05) is 0 Å². The second-order valence-electron chi connectivity index (χ2n) is 4.48. The molecule has 5 heteroatoms. The van der Waals surface area contributed by atoms with Crippen molar-refractivity contribution in [2.75, 3.05) is 38.2 Å². The third-order valence-electron chi connectivity index (χ3n) is 2.98. The van der Waals surface area contributed by atoms with Crippen LogP contribution in [0.1, 0.15) is 12.0 Å². The molecular formula is C14H17N3O2. The van der Waals surface area contributed by atoms with Crippen LogP contribution in [-0.2, 0) is 9.53 Å². The summed E-state index contributed by atoms with van der Waals surface area (Å²) in [5.41, 5.74) is 1.30. The number of anilines is 1. The average molecular weight is 259 g/mol. The molecule has 5 nitrogen and oxygen atoms in total. The van der Waals surface area contributed by atoms with Crippen molar-refractivity contribution in [1.29, 1.82) is 5.26 Å². The van der Waals surface area contributed by atoms with Gasteiger partial charge in [-0.25, -0.2) is 0 Å². The summed E-state index contributed by atoms with van der Waals surface area (Å²) >= 11 is 0. The third kappa shape index (κ3) is 4.36. The number of ether oxygens (including phenoxy) is 1. The number of nitrogens with one attached hydrogen (secondary N) is 1. The topological polar surface area (TPSA) is 65.4 Å². The SMILES string of the molecule is N#Cc1ccc(NC(=O)CN2CCCOCC2)cc1. The molecule has 1 N–H and O–H groups in total. The first-order chi connectivity index (χ1) is 9.28. The molecule has 0 aromatic heterocycles. The van der Waals surface area contributed by atoms with Crippen LogP contribution < -0.4 is 5.32 Å². The monoisotopic (exact) mass is 259 g/mol. The number of rotatable bonds is 3. The number of nitriles is 1. The van der Waals surface area contributed by atoms with Crippen molar-refractivity contribution in [3.63, 3.8) is 0 Å². The number of hydrogen-bond acceptors (Lipinski definition) is 4. The van der Waals surface area contributed by atoms with Crippen LogP contribution in [0.5, 0.6) is 0 Å². The standard InChI is InChI=1S/C14H17N3O2/c15-10-12-2-4-13(5-3-12)16-14(18)11-17-6-1-8-19-9-7-17/h2-5H,1,6-9,11H2,(H,16,18). The first-order valence-corrected chi connectivity index (χ1v) is 6.38. The molecule has 0 radical (unpaired) electrons. The fourth-order valence-corrected chi connectivity index (χ4v) is 1.99. The fraction of sp³-hybridized carbons (Fsp3) is 0.429. The number of hydrogen-bond donors (Lipinski definition) is 1. The second-order valence-corrected chi connectivity index (χ2v) is 4.48. The molecule has 0 spiro atoms. The van der Waals surface area contributed by atoms with E-state index in [1.807, 2.05) is 6.07 Å². The first kappa shape index (κ1) is 13.5. The van der Waals surface area contributed by atoms with E-state index in [-0.39, 0.29) is 5.91 Å². The molecule has 100 valence electrons. The molecule has 2 rings (SSSR count). The van der Waals surface area contributed by atoms with Gasteiger partial charge in [0, 0.05) is 25.4 Å². The number of carbonyl (C=O) groups excluding carboxylic acids is 1. The summed E-state index contributed by atoms with van der Waals surface area (Å²) < 4.78 is 5.35. The van der Waals surface area contributed by atoms with E-state index in [0.717, 1.165) is 31.8 Å². The molecule has 0 atom stereocenters. The van der Waals surface area contributed by atoms with Crippen LogP contribution in [0.15, 0.2) is 24.3 Å². The molecule has 1 amide bonds. The lowest BCUT2D eigenvalue weighted by atomic mass is 10.2. The van der Waals surface area contributed by atoms with Gasteiger partial charge in [0.2, 0.25) is 5.91 Å². The zero-order valence-corrected chi connectivity index (χ0v) is 10.8. The molecule has 1 aliphatic rings.